The highest BCUT2D eigenvalue weighted by atomic mass is 35.5. The van der Waals surface area contributed by atoms with Gasteiger partial charge in [-0.1, -0.05) is 99.7 Å². The number of halogens is 3. The highest BCUT2D eigenvalue weighted by molar-refractivity contribution is 6.42. The number of hydrogen-bond donors (Lipinski definition) is 2. The topological polar surface area (TPSA) is 96.2 Å². The van der Waals surface area contributed by atoms with Crippen molar-refractivity contribution in [1.29, 1.82) is 0 Å². The molecular weight excluding hydrogens is 547 g/mol. The van der Waals surface area contributed by atoms with Crippen molar-refractivity contribution >= 4 is 63.5 Å². The molecule has 0 saturated heterocycles. The Morgan fingerprint density at radius 3 is 2.21 bits per heavy atom. The van der Waals surface area contributed by atoms with Crippen LogP contribution >= 0.6 is 34.8 Å². The van der Waals surface area contributed by atoms with Crippen LogP contribution in [0.2, 0.25) is 15.1 Å². The van der Waals surface area contributed by atoms with Gasteiger partial charge in [0.15, 0.2) is 5.76 Å². The summed E-state index contributed by atoms with van der Waals surface area (Å²) in [5, 5.41) is 15.5. The van der Waals surface area contributed by atoms with Gasteiger partial charge >= 0.3 is 5.97 Å². The van der Waals surface area contributed by atoms with Gasteiger partial charge in [-0.05, 0) is 29.2 Å². The fraction of sp³-hybridized carbons (Fsp3) is 0.276. The number of benzene rings is 2. The largest absolute Gasteiger partial charge is 0.478 e. The predicted molar refractivity (Wildman–Crippen MR) is 152 cm³/mol. The number of rotatable bonds is 5. The summed E-state index contributed by atoms with van der Waals surface area (Å²) in [5.41, 5.74) is 1.57. The van der Waals surface area contributed by atoms with Crippen molar-refractivity contribution in [2.24, 2.45) is 5.41 Å². The average molecular weight is 574 g/mol. The Labute approximate surface area is 235 Å². The van der Waals surface area contributed by atoms with Crippen molar-refractivity contribution in [3.8, 4) is 11.3 Å². The summed E-state index contributed by atoms with van der Waals surface area (Å²) in [4.78, 5) is 29.3. The quantitative estimate of drug-likeness (QED) is 0.184. The number of carboxylic acids is 1. The summed E-state index contributed by atoms with van der Waals surface area (Å²) < 4.78 is 5.72. The number of H-pyrrole nitrogens is 1. The third-order valence-electron chi connectivity index (χ3n) is 6.17. The first kappa shape index (κ1) is 28.0. The summed E-state index contributed by atoms with van der Waals surface area (Å²) in [6.45, 7) is 11.3. The van der Waals surface area contributed by atoms with E-state index in [9.17, 15) is 14.7 Å². The van der Waals surface area contributed by atoms with E-state index >= 15 is 0 Å². The van der Waals surface area contributed by atoms with Gasteiger partial charge in [-0.3, -0.25) is 4.79 Å². The molecule has 0 radical (unpaired) electrons. The molecule has 0 unspecified atom stereocenters. The Balaban J connectivity index is 1.95. The van der Waals surface area contributed by atoms with Gasteiger partial charge in [-0.25, -0.2) is 4.79 Å². The minimum absolute atomic E-state index is 0.220. The van der Waals surface area contributed by atoms with E-state index < -0.39 is 16.8 Å². The van der Waals surface area contributed by atoms with Crippen LogP contribution in [0.3, 0.4) is 0 Å². The van der Waals surface area contributed by atoms with E-state index in [1.807, 2.05) is 41.5 Å². The number of hydrogen-bond acceptors (Lipinski definition) is 4. The maximum Gasteiger partial charge on any atom is 0.332 e. The van der Waals surface area contributed by atoms with Crippen LogP contribution in [-0.2, 0) is 10.2 Å². The minimum atomic E-state index is -1.00. The third-order valence-corrected chi connectivity index (χ3v) is 6.99. The van der Waals surface area contributed by atoms with Crippen molar-refractivity contribution in [2.45, 2.75) is 47.0 Å². The maximum atomic E-state index is 14.2. The van der Waals surface area contributed by atoms with Gasteiger partial charge in [0.05, 0.1) is 21.1 Å². The first-order valence-corrected chi connectivity index (χ1v) is 13.0. The Morgan fingerprint density at radius 2 is 1.66 bits per heavy atom. The lowest BCUT2D eigenvalue weighted by atomic mass is 9.85. The standard InChI is InChI=1S/C29H27Cl3N2O4/c1-28(2,3)18(27(36)37)10-14-8-7-9-16-17(13-33-23(14)16)25(35)22-24(34-38-26(22)29(4,5)6)21-19(31)11-15(30)12-20(21)32/h7-13,33H,1-6H3,(H,36,37)/b18-10-. The molecule has 2 N–H and O–H groups in total. The summed E-state index contributed by atoms with van der Waals surface area (Å²) in [6, 6.07) is 8.46. The average Bonchev–Trinajstić information content (AvgIpc) is 3.40. The lowest BCUT2D eigenvalue weighted by Crippen LogP contribution is -2.17. The molecule has 0 aliphatic carbocycles. The fourth-order valence-corrected chi connectivity index (χ4v) is 5.32. The molecule has 4 rings (SSSR count). The van der Waals surface area contributed by atoms with Gasteiger partial charge < -0.3 is 14.6 Å². The Kier molecular flexibility index (Phi) is 7.30. The molecule has 0 atom stereocenters. The normalized spacial score (nSPS) is 12.8. The highest BCUT2D eigenvalue weighted by Crippen LogP contribution is 2.42. The second-order valence-electron chi connectivity index (χ2n) is 11.1. The van der Waals surface area contributed by atoms with Crippen molar-refractivity contribution < 1.29 is 19.2 Å². The molecule has 0 amide bonds. The number of aromatic amines is 1. The van der Waals surface area contributed by atoms with Crippen LogP contribution in [-0.4, -0.2) is 27.0 Å². The van der Waals surface area contributed by atoms with Gasteiger partial charge in [-0.2, -0.15) is 0 Å². The van der Waals surface area contributed by atoms with Crippen LogP contribution in [0.5, 0.6) is 0 Å². The fourth-order valence-electron chi connectivity index (χ4n) is 4.33. The second kappa shape index (κ2) is 9.92. The Hall–Kier alpha value is -3.06. The molecule has 38 heavy (non-hydrogen) atoms. The minimum Gasteiger partial charge on any atom is -0.478 e. The molecule has 0 aliphatic rings. The smallest absolute Gasteiger partial charge is 0.332 e. The number of ketones is 1. The van der Waals surface area contributed by atoms with Gasteiger partial charge in [0.2, 0.25) is 5.78 Å². The third kappa shape index (κ3) is 5.13. The van der Waals surface area contributed by atoms with E-state index in [0.717, 1.165) is 0 Å². The van der Waals surface area contributed by atoms with E-state index in [-0.39, 0.29) is 32.7 Å². The highest BCUT2D eigenvalue weighted by Gasteiger charge is 2.34. The number of carboxylic acid groups (broad SMARTS) is 1. The molecule has 2 aromatic carbocycles. The molecule has 0 aliphatic heterocycles. The molecule has 4 aromatic rings. The number of aliphatic carboxylic acids is 1. The zero-order valence-corrected chi connectivity index (χ0v) is 24.1. The lowest BCUT2D eigenvalue weighted by molar-refractivity contribution is -0.133. The van der Waals surface area contributed by atoms with Crippen LogP contribution in [0.1, 0.15) is 68.8 Å². The zero-order chi connectivity index (χ0) is 28.2. The summed E-state index contributed by atoms with van der Waals surface area (Å²) in [7, 11) is 0. The number of para-hydroxylation sites is 1. The van der Waals surface area contributed by atoms with Crippen molar-refractivity contribution in [2.75, 3.05) is 0 Å². The van der Waals surface area contributed by atoms with Crippen LogP contribution in [0.15, 0.2) is 46.6 Å². The summed E-state index contributed by atoms with van der Waals surface area (Å²) >= 11 is 19.1. The molecule has 0 fully saturated rings. The molecule has 0 bridgehead atoms. The Morgan fingerprint density at radius 1 is 1.03 bits per heavy atom. The molecule has 2 heterocycles. The van der Waals surface area contributed by atoms with E-state index in [0.29, 0.717) is 38.4 Å². The van der Waals surface area contributed by atoms with Gasteiger partial charge in [0, 0.05) is 38.7 Å². The number of carbonyl (C=O) groups excluding carboxylic acids is 1. The summed E-state index contributed by atoms with van der Waals surface area (Å²) in [6.07, 6.45) is 3.24. The van der Waals surface area contributed by atoms with Gasteiger partial charge in [0.25, 0.3) is 0 Å². The first-order valence-electron chi connectivity index (χ1n) is 11.9. The lowest BCUT2D eigenvalue weighted by Gasteiger charge is -2.19. The van der Waals surface area contributed by atoms with E-state index in [1.54, 1.807) is 30.5 Å². The molecule has 2 aromatic heterocycles. The SMILES string of the molecule is CC(C)(C)/C(=C\c1cccc2c(C(=O)c3c(-c4c(Cl)cc(Cl)cc4Cl)noc3C(C)(C)C)c[nH]c12)C(=O)O. The summed E-state index contributed by atoms with van der Waals surface area (Å²) in [5.74, 6) is -0.959. The molecule has 0 spiro atoms. The van der Waals surface area contributed by atoms with Crippen LogP contribution in [0.4, 0.5) is 0 Å². The van der Waals surface area contributed by atoms with Crippen LogP contribution in [0.25, 0.3) is 28.2 Å². The monoisotopic (exact) mass is 572 g/mol. The predicted octanol–water partition coefficient (Wildman–Crippen LogP) is 8.83. The van der Waals surface area contributed by atoms with Gasteiger partial charge in [-0.15, -0.1) is 0 Å². The molecule has 6 nitrogen and oxygen atoms in total. The number of carbonyl (C=O) groups is 2. The van der Waals surface area contributed by atoms with E-state index in [2.05, 4.69) is 10.1 Å². The number of aromatic nitrogens is 2. The van der Waals surface area contributed by atoms with Crippen LogP contribution in [0, 0.1) is 5.41 Å². The number of nitrogens with one attached hydrogen (secondary N) is 1. The molecular formula is C29H27Cl3N2O4. The van der Waals surface area contributed by atoms with Crippen LogP contribution < -0.4 is 0 Å². The second-order valence-corrected chi connectivity index (χ2v) is 12.4. The van der Waals surface area contributed by atoms with E-state index in [1.165, 1.54) is 12.1 Å². The van der Waals surface area contributed by atoms with Crippen molar-refractivity contribution in [3.05, 3.63) is 79.6 Å². The first-order chi connectivity index (χ1) is 17.6. The number of fused-ring (bicyclic) bond motifs is 1. The zero-order valence-electron chi connectivity index (χ0n) is 21.8. The molecule has 9 heteroatoms. The Bertz CT molecular complexity index is 1590. The number of nitrogens with zero attached hydrogens (tertiary/aromatic N) is 1. The van der Waals surface area contributed by atoms with E-state index in [4.69, 9.17) is 39.3 Å². The molecule has 0 saturated carbocycles. The maximum absolute atomic E-state index is 14.2. The van der Waals surface area contributed by atoms with Crippen molar-refractivity contribution in [3.63, 3.8) is 0 Å². The molecule has 198 valence electrons. The van der Waals surface area contributed by atoms with Gasteiger partial charge in [0.1, 0.15) is 5.69 Å². The van der Waals surface area contributed by atoms with Crippen molar-refractivity contribution in [1.82, 2.24) is 10.1 Å².